The number of fused-ring (bicyclic) bond motifs is 1. The summed E-state index contributed by atoms with van der Waals surface area (Å²) in [5.74, 6) is 1.31. The van der Waals surface area contributed by atoms with Crippen LogP contribution in [0.25, 0.3) is 0 Å². The van der Waals surface area contributed by atoms with Gasteiger partial charge in [-0.05, 0) is 56.2 Å². The quantitative estimate of drug-likeness (QED) is 0.788. The Balaban J connectivity index is 2.02. The lowest BCUT2D eigenvalue weighted by Gasteiger charge is -2.19. The maximum absolute atomic E-state index is 12.3. The van der Waals surface area contributed by atoms with Crippen LogP contribution in [0, 0.1) is 5.92 Å². The van der Waals surface area contributed by atoms with Crippen LogP contribution in [-0.4, -0.2) is 37.4 Å². The van der Waals surface area contributed by atoms with Crippen LogP contribution in [0.15, 0.2) is 18.2 Å². The van der Waals surface area contributed by atoms with E-state index in [2.05, 4.69) is 18.7 Å². The highest BCUT2D eigenvalue weighted by Gasteiger charge is 2.30. The van der Waals surface area contributed by atoms with Crippen LogP contribution >= 0.6 is 0 Å². The maximum atomic E-state index is 12.3. The molecule has 0 aliphatic heterocycles. The van der Waals surface area contributed by atoms with E-state index in [1.807, 2.05) is 18.2 Å². The molecule has 0 fully saturated rings. The minimum absolute atomic E-state index is 0.155. The first-order valence-corrected chi connectivity index (χ1v) is 7.13. The third-order valence-electron chi connectivity index (χ3n) is 4.10. The first-order valence-electron chi connectivity index (χ1n) is 7.13. The summed E-state index contributed by atoms with van der Waals surface area (Å²) in [6.45, 7) is 7.45. The molecule has 0 spiro atoms. The Bertz CT molecular complexity index is 452. The number of benzene rings is 1. The number of methoxy groups -OCH3 is 1. The highest BCUT2D eigenvalue weighted by Crippen LogP contribution is 2.31. The van der Waals surface area contributed by atoms with E-state index in [0.29, 0.717) is 5.78 Å². The highest BCUT2D eigenvalue weighted by atomic mass is 16.5. The molecule has 0 aromatic heterocycles. The number of ether oxygens (including phenoxy) is 1. The Hall–Kier alpha value is -1.35. The zero-order valence-electron chi connectivity index (χ0n) is 12.1. The van der Waals surface area contributed by atoms with Crippen molar-refractivity contribution in [3.05, 3.63) is 29.3 Å². The first kappa shape index (κ1) is 14.1. The first-order chi connectivity index (χ1) is 9.19. The number of carbonyl (C=O) groups is 1. The molecule has 0 heterocycles. The molecule has 0 bridgehead atoms. The smallest absolute Gasteiger partial charge is 0.166 e. The van der Waals surface area contributed by atoms with E-state index >= 15 is 0 Å². The van der Waals surface area contributed by atoms with Crippen LogP contribution in [0.1, 0.15) is 36.2 Å². The molecular formula is C16H23NO2. The van der Waals surface area contributed by atoms with Crippen molar-refractivity contribution >= 4 is 5.78 Å². The van der Waals surface area contributed by atoms with Crippen molar-refractivity contribution in [2.75, 3.05) is 26.7 Å². The van der Waals surface area contributed by atoms with Crippen LogP contribution in [0.2, 0.25) is 0 Å². The maximum Gasteiger partial charge on any atom is 0.166 e. The van der Waals surface area contributed by atoms with Gasteiger partial charge >= 0.3 is 0 Å². The third kappa shape index (κ3) is 2.98. The molecule has 0 N–H and O–H groups in total. The summed E-state index contributed by atoms with van der Waals surface area (Å²) in [5.41, 5.74) is 2.04. The molecule has 1 aromatic rings. The number of carbonyl (C=O) groups excluding carboxylic acids is 1. The molecule has 104 valence electrons. The van der Waals surface area contributed by atoms with E-state index in [-0.39, 0.29) is 5.92 Å². The molecule has 1 aromatic carbocycles. The fraction of sp³-hybridized carbons (Fsp3) is 0.562. The van der Waals surface area contributed by atoms with E-state index in [0.717, 1.165) is 49.4 Å². The van der Waals surface area contributed by atoms with Gasteiger partial charge in [-0.2, -0.15) is 0 Å². The number of ketones is 1. The Morgan fingerprint density at radius 3 is 2.68 bits per heavy atom. The monoisotopic (exact) mass is 261 g/mol. The minimum Gasteiger partial charge on any atom is -0.497 e. The molecule has 3 heteroatoms. The molecule has 0 saturated heterocycles. The molecule has 3 nitrogen and oxygen atoms in total. The molecule has 19 heavy (non-hydrogen) atoms. The number of Topliss-reactive ketones (excluding diaryl/α,β-unsaturated/α-hetero) is 1. The molecule has 1 aliphatic carbocycles. The fourth-order valence-electron chi connectivity index (χ4n) is 2.80. The predicted molar refractivity (Wildman–Crippen MR) is 76.9 cm³/mol. The van der Waals surface area contributed by atoms with Gasteiger partial charge in [0.2, 0.25) is 0 Å². The number of nitrogens with zero attached hydrogens (tertiary/aromatic N) is 1. The van der Waals surface area contributed by atoms with Crippen molar-refractivity contribution in [2.24, 2.45) is 5.92 Å². The molecule has 0 saturated carbocycles. The average molecular weight is 261 g/mol. The van der Waals surface area contributed by atoms with Crippen molar-refractivity contribution in [1.82, 2.24) is 4.90 Å². The largest absolute Gasteiger partial charge is 0.497 e. The predicted octanol–water partition coefficient (Wildman–Crippen LogP) is 2.78. The zero-order valence-corrected chi connectivity index (χ0v) is 12.1. The second-order valence-corrected chi connectivity index (χ2v) is 5.10. The van der Waals surface area contributed by atoms with Crippen molar-refractivity contribution in [3.8, 4) is 5.75 Å². The standard InChI is InChI=1S/C16H23NO2/c1-4-17(5-2)9-8-12-10-13-11-14(19-3)6-7-15(13)16(12)18/h6-7,11-12H,4-5,8-10H2,1-3H3. The van der Waals surface area contributed by atoms with Gasteiger partial charge in [0.05, 0.1) is 7.11 Å². The van der Waals surface area contributed by atoms with Crippen LogP contribution in [0.5, 0.6) is 5.75 Å². The second kappa shape index (κ2) is 6.20. The topological polar surface area (TPSA) is 29.5 Å². The Labute approximate surface area is 115 Å². The van der Waals surface area contributed by atoms with Crippen molar-refractivity contribution in [3.63, 3.8) is 0 Å². The van der Waals surface area contributed by atoms with Crippen molar-refractivity contribution in [1.29, 1.82) is 0 Å². The van der Waals surface area contributed by atoms with Crippen molar-refractivity contribution in [2.45, 2.75) is 26.7 Å². The lowest BCUT2D eigenvalue weighted by atomic mass is 10.0. The van der Waals surface area contributed by atoms with Gasteiger partial charge in [0.15, 0.2) is 5.78 Å². The Morgan fingerprint density at radius 2 is 2.05 bits per heavy atom. The number of hydrogen-bond donors (Lipinski definition) is 0. The van der Waals surface area contributed by atoms with Gasteiger partial charge in [-0.3, -0.25) is 4.79 Å². The van der Waals surface area contributed by atoms with Gasteiger partial charge < -0.3 is 9.64 Å². The van der Waals surface area contributed by atoms with E-state index < -0.39 is 0 Å². The SMILES string of the molecule is CCN(CC)CCC1Cc2cc(OC)ccc2C1=O. The summed E-state index contributed by atoms with van der Waals surface area (Å²) in [5, 5.41) is 0. The lowest BCUT2D eigenvalue weighted by molar-refractivity contribution is 0.0922. The van der Waals surface area contributed by atoms with Gasteiger partial charge in [-0.1, -0.05) is 13.8 Å². The van der Waals surface area contributed by atoms with Gasteiger partial charge in [-0.15, -0.1) is 0 Å². The molecule has 0 radical (unpaired) electrons. The van der Waals surface area contributed by atoms with E-state index in [1.54, 1.807) is 7.11 Å². The summed E-state index contributed by atoms with van der Waals surface area (Å²) in [7, 11) is 1.66. The second-order valence-electron chi connectivity index (χ2n) is 5.10. The summed E-state index contributed by atoms with van der Waals surface area (Å²) in [6.07, 6.45) is 1.82. The van der Waals surface area contributed by atoms with E-state index in [4.69, 9.17) is 4.74 Å². The average Bonchev–Trinajstić information content (AvgIpc) is 2.76. The number of hydrogen-bond acceptors (Lipinski definition) is 3. The van der Waals surface area contributed by atoms with Crippen LogP contribution in [0.3, 0.4) is 0 Å². The minimum atomic E-state index is 0.155. The molecule has 1 unspecified atom stereocenters. The van der Waals surface area contributed by atoms with Crippen LogP contribution < -0.4 is 4.74 Å². The molecule has 1 atom stereocenters. The lowest BCUT2D eigenvalue weighted by Crippen LogP contribution is -2.26. The Morgan fingerprint density at radius 1 is 1.32 bits per heavy atom. The summed E-state index contributed by atoms with van der Waals surface area (Å²) >= 11 is 0. The fourth-order valence-corrected chi connectivity index (χ4v) is 2.80. The zero-order chi connectivity index (χ0) is 13.8. The Kier molecular flexibility index (Phi) is 4.59. The molecule has 0 amide bonds. The highest BCUT2D eigenvalue weighted by molar-refractivity contribution is 6.02. The molecule has 1 aliphatic rings. The van der Waals surface area contributed by atoms with Crippen molar-refractivity contribution < 1.29 is 9.53 Å². The van der Waals surface area contributed by atoms with Gasteiger partial charge in [0.25, 0.3) is 0 Å². The van der Waals surface area contributed by atoms with Crippen LogP contribution in [0.4, 0.5) is 0 Å². The van der Waals surface area contributed by atoms with Gasteiger partial charge in [0, 0.05) is 11.5 Å². The normalized spacial score (nSPS) is 17.9. The summed E-state index contributed by atoms with van der Waals surface area (Å²) in [4.78, 5) is 14.7. The molecule has 2 rings (SSSR count). The van der Waals surface area contributed by atoms with Gasteiger partial charge in [0.1, 0.15) is 5.75 Å². The molecular weight excluding hydrogens is 238 g/mol. The summed E-state index contributed by atoms with van der Waals surface area (Å²) in [6, 6.07) is 5.79. The number of rotatable bonds is 6. The summed E-state index contributed by atoms with van der Waals surface area (Å²) < 4.78 is 5.22. The third-order valence-corrected chi connectivity index (χ3v) is 4.10. The van der Waals surface area contributed by atoms with E-state index in [9.17, 15) is 4.79 Å². The van der Waals surface area contributed by atoms with Gasteiger partial charge in [-0.25, -0.2) is 0 Å². The van der Waals surface area contributed by atoms with Crippen LogP contribution in [-0.2, 0) is 6.42 Å². The van der Waals surface area contributed by atoms with E-state index in [1.165, 1.54) is 0 Å².